The maximum absolute atomic E-state index is 5.96. The molecule has 2 nitrogen and oxygen atoms in total. The Hall–Kier alpha value is -0.795. The summed E-state index contributed by atoms with van der Waals surface area (Å²) >= 11 is 0. The van der Waals surface area contributed by atoms with Gasteiger partial charge in [-0.25, -0.2) is 0 Å². The predicted molar refractivity (Wildman–Crippen MR) is 80.3 cm³/mol. The number of benzene rings is 1. The maximum atomic E-state index is 5.96. The summed E-state index contributed by atoms with van der Waals surface area (Å²) < 4.78 is 5.96. The van der Waals surface area contributed by atoms with Crippen LogP contribution in [0.1, 0.15) is 25.0 Å². The second-order valence-electron chi connectivity index (χ2n) is 5.90. The fraction of sp³-hybridized carbons (Fsp3) is 0.600. The molecule has 3 heteroatoms. The minimum atomic E-state index is 0.0417. The molecule has 18 heavy (non-hydrogen) atoms. The Kier molecular flexibility index (Phi) is 5.42. The first-order valence-electron chi connectivity index (χ1n) is 6.67. The molecule has 0 radical (unpaired) electrons. The lowest BCUT2D eigenvalue weighted by Gasteiger charge is -2.30. The lowest BCUT2D eigenvalue weighted by atomic mass is 9.46. The standard InChI is InChI=1S/C15H26BNO/c1-13-7-9-14(10-8-13)15(2,3)16(4)18-12-11-17(5)6/h7-10H,11-12H2,1-6H3. The largest absolute Gasteiger partial charge is 0.434 e. The van der Waals surface area contributed by atoms with Crippen molar-refractivity contribution in [2.24, 2.45) is 0 Å². The second kappa shape index (κ2) is 6.39. The van der Waals surface area contributed by atoms with Gasteiger partial charge in [0, 0.05) is 13.2 Å². The fourth-order valence-corrected chi connectivity index (χ4v) is 1.84. The first kappa shape index (κ1) is 15.3. The highest BCUT2D eigenvalue weighted by Crippen LogP contribution is 2.27. The SMILES string of the molecule is CB(OCCN(C)C)C(C)(C)c1ccc(C)cc1. The highest BCUT2D eigenvalue weighted by molar-refractivity contribution is 6.54. The fourth-order valence-electron chi connectivity index (χ4n) is 1.84. The Morgan fingerprint density at radius 2 is 1.72 bits per heavy atom. The first-order chi connectivity index (χ1) is 8.34. The van der Waals surface area contributed by atoms with Crippen LogP contribution in [0, 0.1) is 6.92 Å². The molecule has 0 saturated carbocycles. The summed E-state index contributed by atoms with van der Waals surface area (Å²) in [7, 11) is 4.14. The topological polar surface area (TPSA) is 12.5 Å². The molecule has 0 heterocycles. The predicted octanol–water partition coefficient (Wildman–Crippen LogP) is 3.01. The summed E-state index contributed by atoms with van der Waals surface area (Å²) in [4.78, 5) is 2.14. The van der Waals surface area contributed by atoms with E-state index in [0.29, 0.717) is 0 Å². The van der Waals surface area contributed by atoms with Crippen molar-refractivity contribution in [1.29, 1.82) is 0 Å². The average molecular weight is 247 g/mol. The third-order valence-electron chi connectivity index (χ3n) is 3.72. The molecule has 0 fully saturated rings. The van der Waals surface area contributed by atoms with Crippen LogP contribution in [0.3, 0.4) is 0 Å². The molecule has 1 aromatic rings. The number of rotatable bonds is 6. The van der Waals surface area contributed by atoms with Gasteiger partial charge in [0.25, 0.3) is 6.92 Å². The van der Waals surface area contributed by atoms with Gasteiger partial charge in [0.1, 0.15) is 0 Å². The summed E-state index contributed by atoms with van der Waals surface area (Å²) in [5.41, 5.74) is 2.64. The molecule has 0 saturated heterocycles. The van der Waals surface area contributed by atoms with Crippen LogP contribution in [0.2, 0.25) is 6.82 Å². The lowest BCUT2D eigenvalue weighted by molar-refractivity contribution is 0.253. The highest BCUT2D eigenvalue weighted by Gasteiger charge is 2.32. The molecule has 0 aliphatic heterocycles. The van der Waals surface area contributed by atoms with Gasteiger partial charge in [-0.3, -0.25) is 0 Å². The highest BCUT2D eigenvalue weighted by atomic mass is 16.4. The van der Waals surface area contributed by atoms with Gasteiger partial charge in [-0.05, 0) is 31.9 Å². The minimum Gasteiger partial charge on any atom is -0.434 e. The van der Waals surface area contributed by atoms with E-state index in [2.05, 4.69) is 70.9 Å². The van der Waals surface area contributed by atoms with Crippen LogP contribution in [-0.4, -0.2) is 39.1 Å². The van der Waals surface area contributed by atoms with Crippen molar-refractivity contribution in [1.82, 2.24) is 4.90 Å². The monoisotopic (exact) mass is 247 g/mol. The van der Waals surface area contributed by atoms with E-state index in [9.17, 15) is 0 Å². The Morgan fingerprint density at radius 3 is 2.22 bits per heavy atom. The van der Waals surface area contributed by atoms with Gasteiger partial charge in [-0.1, -0.05) is 50.5 Å². The van der Waals surface area contributed by atoms with Gasteiger partial charge in [0.15, 0.2) is 0 Å². The zero-order chi connectivity index (χ0) is 13.8. The Morgan fingerprint density at radius 1 is 1.17 bits per heavy atom. The van der Waals surface area contributed by atoms with Crippen LogP contribution in [0.4, 0.5) is 0 Å². The molecule has 100 valence electrons. The molecule has 0 spiro atoms. The van der Waals surface area contributed by atoms with E-state index in [1.54, 1.807) is 0 Å². The number of aryl methyl sites for hydroxylation is 1. The van der Waals surface area contributed by atoms with Gasteiger partial charge >= 0.3 is 0 Å². The van der Waals surface area contributed by atoms with Crippen LogP contribution in [-0.2, 0) is 9.97 Å². The average Bonchev–Trinajstić information content (AvgIpc) is 2.28. The second-order valence-corrected chi connectivity index (χ2v) is 5.90. The van der Waals surface area contributed by atoms with Crippen LogP contribution < -0.4 is 0 Å². The van der Waals surface area contributed by atoms with Crippen LogP contribution in [0.15, 0.2) is 24.3 Å². The first-order valence-corrected chi connectivity index (χ1v) is 6.67. The quantitative estimate of drug-likeness (QED) is 0.716. The van der Waals surface area contributed by atoms with E-state index in [0.717, 1.165) is 13.2 Å². The summed E-state index contributed by atoms with van der Waals surface area (Å²) in [6, 6.07) is 8.76. The van der Waals surface area contributed by atoms with Crippen molar-refractivity contribution in [3.8, 4) is 0 Å². The normalized spacial score (nSPS) is 11.9. The Labute approximate surface area is 112 Å². The Bertz CT molecular complexity index is 359. The third kappa shape index (κ3) is 4.15. The van der Waals surface area contributed by atoms with Crippen molar-refractivity contribution in [2.45, 2.75) is 32.9 Å². The number of likely N-dealkylation sites (N-methyl/N-ethyl adjacent to an activating group) is 1. The maximum Gasteiger partial charge on any atom is 0.300 e. The third-order valence-corrected chi connectivity index (χ3v) is 3.72. The molecule has 0 bridgehead atoms. The summed E-state index contributed by atoms with van der Waals surface area (Å²) in [6.07, 6.45) is 0. The van der Waals surface area contributed by atoms with E-state index in [4.69, 9.17) is 4.65 Å². The van der Waals surface area contributed by atoms with E-state index in [1.807, 2.05) is 0 Å². The van der Waals surface area contributed by atoms with Crippen LogP contribution in [0.5, 0.6) is 0 Å². The van der Waals surface area contributed by atoms with Gasteiger partial charge in [0.2, 0.25) is 0 Å². The molecule has 1 aromatic carbocycles. The molecule has 1 rings (SSSR count). The summed E-state index contributed by atoms with van der Waals surface area (Å²) in [5, 5.41) is 0.0417. The van der Waals surface area contributed by atoms with E-state index < -0.39 is 0 Å². The van der Waals surface area contributed by atoms with Crippen molar-refractivity contribution < 1.29 is 4.65 Å². The summed E-state index contributed by atoms with van der Waals surface area (Å²) in [6.45, 7) is 10.7. The molecule has 0 unspecified atom stereocenters. The molecular formula is C15H26BNO. The van der Waals surface area contributed by atoms with E-state index in [1.165, 1.54) is 11.1 Å². The van der Waals surface area contributed by atoms with Crippen LogP contribution >= 0.6 is 0 Å². The van der Waals surface area contributed by atoms with Crippen molar-refractivity contribution in [3.05, 3.63) is 35.4 Å². The minimum absolute atomic E-state index is 0.0417. The molecule has 0 aromatic heterocycles. The number of hydrogen-bond donors (Lipinski definition) is 0. The van der Waals surface area contributed by atoms with Crippen molar-refractivity contribution >= 4 is 6.92 Å². The summed E-state index contributed by atoms with van der Waals surface area (Å²) in [5.74, 6) is 0. The van der Waals surface area contributed by atoms with Crippen molar-refractivity contribution in [2.75, 3.05) is 27.2 Å². The molecule has 0 N–H and O–H groups in total. The van der Waals surface area contributed by atoms with Crippen LogP contribution in [0.25, 0.3) is 0 Å². The van der Waals surface area contributed by atoms with Gasteiger partial charge in [-0.15, -0.1) is 0 Å². The Balaban J connectivity index is 2.64. The van der Waals surface area contributed by atoms with Gasteiger partial charge in [-0.2, -0.15) is 0 Å². The molecule has 0 aliphatic rings. The molecule has 0 amide bonds. The lowest BCUT2D eigenvalue weighted by Crippen LogP contribution is -2.39. The number of hydrogen-bond acceptors (Lipinski definition) is 2. The molecule has 0 atom stereocenters. The smallest absolute Gasteiger partial charge is 0.300 e. The zero-order valence-corrected chi connectivity index (χ0v) is 12.7. The van der Waals surface area contributed by atoms with E-state index >= 15 is 0 Å². The van der Waals surface area contributed by atoms with Crippen molar-refractivity contribution in [3.63, 3.8) is 0 Å². The number of nitrogens with zero attached hydrogens (tertiary/aromatic N) is 1. The zero-order valence-electron chi connectivity index (χ0n) is 12.7. The van der Waals surface area contributed by atoms with E-state index in [-0.39, 0.29) is 12.2 Å². The van der Waals surface area contributed by atoms with Gasteiger partial charge in [0.05, 0.1) is 0 Å². The molecular weight excluding hydrogens is 221 g/mol. The molecule has 0 aliphatic carbocycles. The van der Waals surface area contributed by atoms with Gasteiger partial charge < -0.3 is 9.55 Å².